The first-order chi connectivity index (χ1) is 12.2. The number of aryl methyl sites for hydroxylation is 1. The number of aromatic nitrogens is 1. The monoisotopic (exact) mass is 338 g/mol. The molecule has 3 rings (SSSR count). The Bertz CT molecular complexity index is 813. The van der Waals surface area contributed by atoms with Gasteiger partial charge in [-0.1, -0.05) is 30.3 Å². The molecule has 0 unspecified atom stereocenters. The van der Waals surface area contributed by atoms with Crippen molar-refractivity contribution in [2.45, 2.75) is 19.3 Å². The molecule has 0 bridgehead atoms. The largest absolute Gasteiger partial charge is 0.441 e. The van der Waals surface area contributed by atoms with Crippen LogP contribution in [0.15, 0.2) is 65.2 Å². The number of nitrogens with one attached hydrogen (secondary N) is 1. The van der Waals surface area contributed by atoms with Gasteiger partial charge in [-0.2, -0.15) is 0 Å². The Labute approximate surface area is 145 Å². The number of halogens is 1. The second-order valence-electron chi connectivity index (χ2n) is 5.71. The Morgan fingerprint density at radius 1 is 1.04 bits per heavy atom. The van der Waals surface area contributed by atoms with E-state index in [-0.39, 0.29) is 11.7 Å². The Morgan fingerprint density at radius 3 is 2.56 bits per heavy atom. The molecule has 128 valence electrons. The molecule has 0 atom stereocenters. The van der Waals surface area contributed by atoms with Crippen LogP contribution in [0.5, 0.6) is 0 Å². The highest BCUT2D eigenvalue weighted by molar-refractivity contribution is 5.76. The lowest BCUT2D eigenvalue weighted by Gasteiger charge is -2.04. The summed E-state index contributed by atoms with van der Waals surface area (Å²) < 4.78 is 18.6. The molecule has 0 saturated heterocycles. The summed E-state index contributed by atoms with van der Waals surface area (Å²) in [6.45, 7) is 0.606. The summed E-state index contributed by atoms with van der Waals surface area (Å²) in [5.41, 5.74) is 1.95. The van der Waals surface area contributed by atoms with Crippen molar-refractivity contribution in [2.75, 3.05) is 6.54 Å². The normalized spacial score (nSPS) is 10.6. The lowest BCUT2D eigenvalue weighted by Crippen LogP contribution is -2.25. The third kappa shape index (κ3) is 5.01. The summed E-state index contributed by atoms with van der Waals surface area (Å²) in [7, 11) is 0. The van der Waals surface area contributed by atoms with Crippen LogP contribution in [-0.4, -0.2) is 17.4 Å². The lowest BCUT2D eigenvalue weighted by molar-refractivity contribution is -0.121. The van der Waals surface area contributed by atoms with E-state index in [4.69, 9.17) is 4.42 Å². The van der Waals surface area contributed by atoms with Crippen LogP contribution in [-0.2, 0) is 17.6 Å². The predicted molar refractivity (Wildman–Crippen MR) is 93.4 cm³/mol. The summed E-state index contributed by atoms with van der Waals surface area (Å²) in [5, 5.41) is 2.90. The van der Waals surface area contributed by atoms with Crippen LogP contribution < -0.4 is 5.32 Å². The summed E-state index contributed by atoms with van der Waals surface area (Å²) in [4.78, 5) is 16.1. The summed E-state index contributed by atoms with van der Waals surface area (Å²) in [5.74, 6) is 0.741. The van der Waals surface area contributed by atoms with Gasteiger partial charge >= 0.3 is 0 Å². The van der Waals surface area contributed by atoms with Crippen molar-refractivity contribution in [3.8, 4) is 11.3 Å². The maximum Gasteiger partial charge on any atom is 0.220 e. The third-order valence-corrected chi connectivity index (χ3v) is 3.83. The minimum atomic E-state index is -0.296. The minimum absolute atomic E-state index is 0.0301. The number of carbonyl (C=O) groups is 1. The number of benzene rings is 2. The van der Waals surface area contributed by atoms with Gasteiger partial charge in [-0.25, -0.2) is 9.37 Å². The first-order valence-corrected chi connectivity index (χ1v) is 8.22. The van der Waals surface area contributed by atoms with Crippen LogP contribution >= 0.6 is 0 Å². The molecule has 0 aliphatic carbocycles. The van der Waals surface area contributed by atoms with E-state index in [0.717, 1.165) is 12.0 Å². The number of hydrogen-bond donors (Lipinski definition) is 1. The molecule has 1 heterocycles. The van der Waals surface area contributed by atoms with Gasteiger partial charge in [-0.05, 0) is 36.2 Å². The molecular weight excluding hydrogens is 319 g/mol. The van der Waals surface area contributed by atoms with Gasteiger partial charge in [0.05, 0.1) is 6.20 Å². The average Bonchev–Trinajstić information content (AvgIpc) is 3.10. The SMILES string of the molecule is O=C(CCc1ncc(-c2ccc(F)cc2)o1)NCCc1ccccc1. The molecule has 0 fully saturated rings. The van der Waals surface area contributed by atoms with Crippen molar-refractivity contribution < 1.29 is 13.6 Å². The average molecular weight is 338 g/mol. The molecule has 0 spiro atoms. The molecule has 1 N–H and O–H groups in total. The van der Waals surface area contributed by atoms with Gasteiger partial charge in [0.2, 0.25) is 5.91 Å². The first-order valence-electron chi connectivity index (χ1n) is 8.22. The van der Waals surface area contributed by atoms with Crippen molar-refractivity contribution in [1.29, 1.82) is 0 Å². The predicted octanol–water partition coefficient (Wildman–Crippen LogP) is 3.77. The number of nitrogens with zero attached hydrogens (tertiary/aromatic N) is 1. The zero-order valence-electron chi connectivity index (χ0n) is 13.7. The molecule has 5 heteroatoms. The van der Waals surface area contributed by atoms with Crippen LogP contribution in [0.1, 0.15) is 17.9 Å². The van der Waals surface area contributed by atoms with Gasteiger partial charge in [-0.15, -0.1) is 0 Å². The fraction of sp³-hybridized carbons (Fsp3) is 0.200. The smallest absolute Gasteiger partial charge is 0.220 e. The lowest BCUT2D eigenvalue weighted by atomic mass is 10.1. The highest BCUT2D eigenvalue weighted by Gasteiger charge is 2.09. The zero-order valence-corrected chi connectivity index (χ0v) is 13.7. The van der Waals surface area contributed by atoms with E-state index in [2.05, 4.69) is 10.3 Å². The maximum atomic E-state index is 12.9. The van der Waals surface area contributed by atoms with Gasteiger partial charge in [-0.3, -0.25) is 4.79 Å². The van der Waals surface area contributed by atoms with E-state index >= 15 is 0 Å². The van der Waals surface area contributed by atoms with Crippen LogP contribution in [0, 0.1) is 5.82 Å². The highest BCUT2D eigenvalue weighted by atomic mass is 19.1. The molecular formula is C20H19FN2O2. The molecule has 0 saturated carbocycles. The van der Waals surface area contributed by atoms with E-state index in [9.17, 15) is 9.18 Å². The molecule has 1 aromatic heterocycles. The van der Waals surface area contributed by atoms with Gasteiger partial charge in [0.1, 0.15) is 5.82 Å². The fourth-order valence-corrected chi connectivity index (χ4v) is 2.47. The Morgan fingerprint density at radius 2 is 1.80 bits per heavy atom. The summed E-state index contributed by atoms with van der Waals surface area (Å²) in [6, 6.07) is 16.0. The van der Waals surface area contributed by atoms with Gasteiger partial charge < -0.3 is 9.73 Å². The van der Waals surface area contributed by atoms with Gasteiger partial charge in [0, 0.05) is 24.9 Å². The third-order valence-electron chi connectivity index (χ3n) is 3.83. The van der Waals surface area contributed by atoms with E-state index in [0.29, 0.717) is 31.0 Å². The molecule has 3 aromatic rings. The number of amides is 1. The van der Waals surface area contributed by atoms with E-state index in [1.807, 2.05) is 30.3 Å². The summed E-state index contributed by atoms with van der Waals surface area (Å²) >= 11 is 0. The Kier molecular flexibility index (Phi) is 5.57. The van der Waals surface area contributed by atoms with E-state index in [1.54, 1.807) is 18.3 Å². The van der Waals surface area contributed by atoms with E-state index in [1.165, 1.54) is 17.7 Å². The Hall–Kier alpha value is -2.95. The molecule has 25 heavy (non-hydrogen) atoms. The van der Waals surface area contributed by atoms with Crippen molar-refractivity contribution in [2.24, 2.45) is 0 Å². The van der Waals surface area contributed by atoms with Gasteiger partial charge in [0.15, 0.2) is 11.7 Å². The highest BCUT2D eigenvalue weighted by Crippen LogP contribution is 2.21. The number of hydrogen-bond acceptors (Lipinski definition) is 3. The molecule has 0 radical (unpaired) electrons. The van der Waals surface area contributed by atoms with Crippen molar-refractivity contribution >= 4 is 5.91 Å². The van der Waals surface area contributed by atoms with Crippen molar-refractivity contribution in [3.63, 3.8) is 0 Å². The van der Waals surface area contributed by atoms with Crippen molar-refractivity contribution in [3.05, 3.63) is 78.1 Å². The number of oxazole rings is 1. The fourth-order valence-electron chi connectivity index (χ4n) is 2.47. The molecule has 1 amide bonds. The van der Waals surface area contributed by atoms with E-state index < -0.39 is 0 Å². The first kappa shape index (κ1) is 16.9. The van der Waals surface area contributed by atoms with Crippen molar-refractivity contribution in [1.82, 2.24) is 10.3 Å². The second-order valence-corrected chi connectivity index (χ2v) is 5.71. The number of rotatable bonds is 7. The van der Waals surface area contributed by atoms with Crippen LogP contribution in [0.4, 0.5) is 4.39 Å². The van der Waals surface area contributed by atoms with Gasteiger partial charge in [0.25, 0.3) is 0 Å². The summed E-state index contributed by atoms with van der Waals surface area (Å²) in [6.07, 6.45) is 3.15. The second kappa shape index (κ2) is 8.24. The molecule has 2 aromatic carbocycles. The van der Waals surface area contributed by atoms with Crippen LogP contribution in [0.2, 0.25) is 0 Å². The molecule has 0 aliphatic heterocycles. The maximum absolute atomic E-state index is 12.9. The minimum Gasteiger partial charge on any atom is -0.441 e. The number of carbonyl (C=O) groups excluding carboxylic acids is 1. The van der Waals surface area contributed by atoms with Crippen LogP contribution in [0.3, 0.4) is 0 Å². The quantitative estimate of drug-likeness (QED) is 0.713. The standard InChI is InChI=1S/C20H19FN2O2/c21-17-8-6-16(7-9-17)18-14-23-20(25-18)11-10-19(24)22-13-12-15-4-2-1-3-5-15/h1-9,14H,10-13H2,(H,22,24). The molecule has 4 nitrogen and oxygen atoms in total. The molecule has 0 aliphatic rings. The Balaban J connectivity index is 1.44. The zero-order chi connectivity index (χ0) is 17.5. The topological polar surface area (TPSA) is 55.1 Å². The van der Waals surface area contributed by atoms with Crippen LogP contribution in [0.25, 0.3) is 11.3 Å².